The van der Waals surface area contributed by atoms with Crippen LogP contribution in [0.2, 0.25) is 0 Å². The first-order chi connectivity index (χ1) is 12.1. The van der Waals surface area contributed by atoms with Crippen LogP contribution in [0.25, 0.3) is 22.5 Å². The monoisotopic (exact) mass is 357 g/mol. The summed E-state index contributed by atoms with van der Waals surface area (Å²) in [5, 5.41) is 9.65. The number of carboxylic acid groups (broad SMARTS) is 1. The number of aromatic carboxylic acids is 1. The average Bonchev–Trinajstić information content (AvgIpc) is 2.63. The maximum atomic E-state index is 12.6. The van der Waals surface area contributed by atoms with E-state index in [2.05, 4.69) is 0 Å². The van der Waals surface area contributed by atoms with E-state index < -0.39 is 11.4 Å². The molecular formula is C21H20NNaO3. The molecule has 0 bridgehead atoms. The molecule has 0 aliphatic carbocycles. The predicted molar refractivity (Wildman–Crippen MR) is 106 cm³/mol. The molecule has 3 rings (SSSR count). The number of carbonyl (C=O) groups is 1. The second kappa shape index (κ2) is 8.99. The van der Waals surface area contributed by atoms with Crippen molar-refractivity contribution < 1.29 is 9.90 Å². The zero-order valence-corrected chi connectivity index (χ0v) is 14.0. The van der Waals surface area contributed by atoms with Crippen LogP contribution < -0.4 is 5.43 Å². The SMILES string of the molecule is CCCn1c(-c2ccccc2)cc(=O)c(C(=O)O)c1-c1ccccc1.[NaH]. The van der Waals surface area contributed by atoms with E-state index in [1.165, 1.54) is 6.07 Å². The van der Waals surface area contributed by atoms with Gasteiger partial charge in [0.05, 0.1) is 11.4 Å². The van der Waals surface area contributed by atoms with Crippen molar-refractivity contribution >= 4 is 35.5 Å². The van der Waals surface area contributed by atoms with E-state index in [0.717, 1.165) is 23.2 Å². The number of pyridine rings is 1. The van der Waals surface area contributed by atoms with Crippen LogP contribution in [0, 0.1) is 0 Å². The van der Waals surface area contributed by atoms with Gasteiger partial charge in [0, 0.05) is 12.6 Å². The maximum absolute atomic E-state index is 12.6. The molecule has 1 heterocycles. The summed E-state index contributed by atoms with van der Waals surface area (Å²) in [4.78, 5) is 24.4. The minimum absolute atomic E-state index is 0. The van der Waals surface area contributed by atoms with Gasteiger partial charge in [0.25, 0.3) is 0 Å². The Morgan fingerprint density at radius 2 is 1.50 bits per heavy atom. The molecule has 0 spiro atoms. The summed E-state index contributed by atoms with van der Waals surface area (Å²) < 4.78 is 1.94. The van der Waals surface area contributed by atoms with E-state index in [9.17, 15) is 14.7 Å². The van der Waals surface area contributed by atoms with Gasteiger partial charge in [-0.1, -0.05) is 67.6 Å². The quantitative estimate of drug-likeness (QED) is 0.709. The molecule has 0 radical (unpaired) electrons. The molecular weight excluding hydrogens is 337 g/mol. The van der Waals surface area contributed by atoms with Gasteiger partial charge >= 0.3 is 35.5 Å². The fourth-order valence-electron chi connectivity index (χ4n) is 3.05. The molecule has 128 valence electrons. The molecule has 0 saturated carbocycles. The molecule has 1 N–H and O–H groups in total. The van der Waals surface area contributed by atoms with Crippen LogP contribution in [0.5, 0.6) is 0 Å². The predicted octanol–water partition coefficient (Wildman–Crippen LogP) is 3.64. The minimum atomic E-state index is -1.20. The van der Waals surface area contributed by atoms with Crippen LogP contribution in [0.15, 0.2) is 71.5 Å². The standard InChI is InChI=1S/C21H19NO3.Na.H/c1-2-13-22-17(15-9-5-3-6-10-15)14-18(23)19(21(24)25)20(22)16-11-7-4-8-12-16;;/h3-12,14H,2,13H2,1H3,(H,24,25);;. The second-order valence-electron chi connectivity index (χ2n) is 5.81. The number of rotatable bonds is 5. The van der Waals surface area contributed by atoms with Crippen molar-refractivity contribution in [2.75, 3.05) is 0 Å². The van der Waals surface area contributed by atoms with Crippen LogP contribution >= 0.6 is 0 Å². The zero-order valence-electron chi connectivity index (χ0n) is 14.0. The normalized spacial score (nSPS) is 10.2. The van der Waals surface area contributed by atoms with Crippen molar-refractivity contribution in [2.45, 2.75) is 19.9 Å². The van der Waals surface area contributed by atoms with Crippen molar-refractivity contribution in [3.05, 3.63) is 82.5 Å². The topological polar surface area (TPSA) is 59.3 Å². The number of hydrogen-bond donors (Lipinski definition) is 1. The van der Waals surface area contributed by atoms with Crippen molar-refractivity contribution in [1.29, 1.82) is 0 Å². The fourth-order valence-corrected chi connectivity index (χ4v) is 3.05. The molecule has 0 aliphatic rings. The van der Waals surface area contributed by atoms with Crippen LogP contribution in [0.4, 0.5) is 0 Å². The third-order valence-corrected chi connectivity index (χ3v) is 4.09. The van der Waals surface area contributed by atoms with E-state index in [1.807, 2.05) is 72.2 Å². The molecule has 5 heteroatoms. The van der Waals surface area contributed by atoms with Crippen molar-refractivity contribution in [2.24, 2.45) is 0 Å². The summed E-state index contributed by atoms with van der Waals surface area (Å²) >= 11 is 0. The Morgan fingerprint density at radius 3 is 2.00 bits per heavy atom. The molecule has 0 atom stereocenters. The molecule has 0 fully saturated rings. The number of nitrogens with zero attached hydrogens (tertiary/aromatic N) is 1. The zero-order chi connectivity index (χ0) is 17.8. The molecule has 0 unspecified atom stereocenters. The van der Waals surface area contributed by atoms with Gasteiger partial charge in [-0.25, -0.2) is 4.79 Å². The number of aromatic nitrogens is 1. The summed E-state index contributed by atoms with van der Waals surface area (Å²) in [6.07, 6.45) is 0.821. The average molecular weight is 357 g/mol. The molecule has 1 aromatic heterocycles. The molecule has 3 aromatic rings. The van der Waals surface area contributed by atoms with E-state index >= 15 is 0 Å². The molecule has 0 saturated heterocycles. The first kappa shape index (κ1) is 20.2. The summed E-state index contributed by atoms with van der Waals surface area (Å²) in [6.45, 7) is 2.65. The van der Waals surface area contributed by atoms with Gasteiger partial charge in [0.2, 0.25) is 0 Å². The molecule has 26 heavy (non-hydrogen) atoms. The molecule has 4 nitrogen and oxygen atoms in total. The van der Waals surface area contributed by atoms with Crippen LogP contribution in [0.3, 0.4) is 0 Å². The molecule has 2 aromatic carbocycles. The first-order valence-electron chi connectivity index (χ1n) is 8.25. The number of hydrogen-bond acceptors (Lipinski definition) is 2. The van der Waals surface area contributed by atoms with E-state index in [1.54, 1.807) is 0 Å². The summed E-state index contributed by atoms with van der Waals surface area (Å²) in [6, 6.07) is 20.2. The van der Waals surface area contributed by atoms with Crippen molar-refractivity contribution in [3.8, 4) is 22.5 Å². The summed E-state index contributed by atoms with van der Waals surface area (Å²) in [7, 11) is 0. The number of benzene rings is 2. The first-order valence-corrected chi connectivity index (χ1v) is 8.25. The van der Waals surface area contributed by atoms with Gasteiger partial charge in [-0.05, 0) is 17.5 Å². The van der Waals surface area contributed by atoms with Crippen LogP contribution in [0.1, 0.15) is 23.7 Å². The Hall–Kier alpha value is -2.14. The van der Waals surface area contributed by atoms with Gasteiger partial charge < -0.3 is 9.67 Å². The van der Waals surface area contributed by atoms with Gasteiger partial charge in [0.15, 0.2) is 5.43 Å². The van der Waals surface area contributed by atoms with Crippen LogP contribution in [-0.4, -0.2) is 45.2 Å². The number of carboxylic acids is 1. The van der Waals surface area contributed by atoms with E-state index in [0.29, 0.717) is 12.2 Å². The van der Waals surface area contributed by atoms with Gasteiger partial charge in [-0.2, -0.15) is 0 Å². The Bertz CT molecular complexity index is 950. The van der Waals surface area contributed by atoms with Gasteiger partial charge in [-0.15, -0.1) is 0 Å². The van der Waals surface area contributed by atoms with Crippen LogP contribution in [-0.2, 0) is 6.54 Å². The Kier molecular flexibility index (Phi) is 6.98. The van der Waals surface area contributed by atoms with Gasteiger partial charge in [-0.3, -0.25) is 4.79 Å². The molecule has 0 aliphatic heterocycles. The van der Waals surface area contributed by atoms with Gasteiger partial charge in [0.1, 0.15) is 5.56 Å². The fraction of sp³-hybridized carbons (Fsp3) is 0.143. The Labute approximate surface area is 174 Å². The Morgan fingerprint density at radius 1 is 0.962 bits per heavy atom. The molecule has 0 amide bonds. The third kappa shape index (κ3) is 3.98. The second-order valence-corrected chi connectivity index (χ2v) is 5.81. The van der Waals surface area contributed by atoms with Crippen molar-refractivity contribution in [1.82, 2.24) is 4.57 Å². The van der Waals surface area contributed by atoms with E-state index in [4.69, 9.17) is 0 Å². The van der Waals surface area contributed by atoms with Crippen molar-refractivity contribution in [3.63, 3.8) is 0 Å². The third-order valence-electron chi connectivity index (χ3n) is 4.09. The summed E-state index contributed by atoms with van der Waals surface area (Å²) in [5.41, 5.74) is 2.15. The Balaban J connectivity index is 0.00000243. The van der Waals surface area contributed by atoms with E-state index in [-0.39, 0.29) is 35.1 Å². The summed E-state index contributed by atoms with van der Waals surface area (Å²) in [5.74, 6) is -1.20.